The molecule has 0 bridgehead atoms. The number of halogens is 6. The van der Waals surface area contributed by atoms with Gasteiger partial charge in [-0.1, -0.05) is 67.9 Å². The lowest BCUT2D eigenvalue weighted by atomic mass is 9.97. The van der Waals surface area contributed by atoms with E-state index in [1.165, 1.54) is 24.0 Å². The Morgan fingerprint density at radius 2 is 1.21 bits per heavy atom. The minimum atomic E-state index is -5.21. The average Bonchev–Trinajstić information content (AvgIpc) is 2.88. The highest BCUT2D eigenvalue weighted by molar-refractivity contribution is 5.84. The summed E-state index contributed by atoms with van der Waals surface area (Å²) in [5.41, 5.74) is 4.13. The quantitative estimate of drug-likeness (QED) is 0.186. The van der Waals surface area contributed by atoms with Gasteiger partial charge in [-0.3, -0.25) is 0 Å². The Morgan fingerprint density at radius 3 is 1.84 bits per heavy atom. The highest BCUT2D eigenvalue weighted by Crippen LogP contribution is 2.30. The van der Waals surface area contributed by atoms with Gasteiger partial charge in [0.15, 0.2) is 11.6 Å². The van der Waals surface area contributed by atoms with E-state index in [9.17, 15) is 22.0 Å². The van der Waals surface area contributed by atoms with Crippen molar-refractivity contribution in [3.63, 3.8) is 0 Å². The summed E-state index contributed by atoms with van der Waals surface area (Å²) < 4.78 is 83.6. The van der Waals surface area contributed by atoms with Crippen LogP contribution in [0.15, 0.2) is 66.7 Å². The number of hydrogen-bond acceptors (Lipinski definition) is 1. The molecule has 0 spiro atoms. The van der Waals surface area contributed by atoms with E-state index in [-0.39, 0.29) is 18.4 Å². The Hall–Kier alpha value is -3.48. The van der Waals surface area contributed by atoms with Crippen LogP contribution in [0.5, 0.6) is 5.75 Å². The number of benzene rings is 4. The molecule has 7 heteroatoms. The van der Waals surface area contributed by atoms with Crippen molar-refractivity contribution in [3.05, 3.63) is 112 Å². The predicted molar refractivity (Wildman–Crippen MR) is 137 cm³/mol. The Morgan fingerprint density at radius 1 is 0.632 bits per heavy atom. The van der Waals surface area contributed by atoms with Crippen LogP contribution in [0.3, 0.4) is 0 Å². The fourth-order valence-electron chi connectivity index (χ4n) is 4.53. The largest absolute Gasteiger partial charge is 0.573 e. The smallest absolute Gasteiger partial charge is 0.399 e. The third-order valence-electron chi connectivity index (χ3n) is 6.60. The van der Waals surface area contributed by atoms with Gasteiger partial charge >= 0.3 is 6.36 Å². The van der Waals surface area contributed by atoms with Crippen LogP contribution in [0, 0.1) is 17.5 Å². The van der Waals surface area contributed by atoms with Gasteiger partial charge in [-0.25, -0.2) is 13.2 Å². The molecular formula is C31H28F6O. The Kier molecular flexibility index (Phi) is 8.65. The van der Waals surface area contributed by atoms with Gasteiger partial charge in [0.2, 0.25) is 5.75 Å². The fraction of sp³-hybridized carbons (Fsp3) is 0.290. The molecule has 38 heavy (non-hydrogen) atoms. The predicted octanol–water partition coefficient (Wildman–Crippen LogP) is 9.07. The first-order valence-corrected chi connectivity index (χ1v) is 12.6. The third kappa shape index (κ3) is 7.09. The van der Waals surface area contributed by atoms with Crippen molar-refractivity contribution in [1.29, 1.82) is 0 Å². The van der Waals surface area contributed by atoms with E-state index in [1.807, 2.05) is 12.1 Å². The molecule has 0 aromatic heterocycles. The number of unbranched alkanes of at least 4 members (excludes halogenated alkanes) is 1. The van der Waals surface area contributed by atoms with Crippen molar-refractivity contribution in [3.8, 4) is 5.75 Å². The van der Waals surface area contributed by atoms with E-state index in [0.717, 1.165) is 42.3 Å². The van der Waals surface area contributed by atoms with E-state index in [4.69, 9.17) is 0 Å². The SMILES string of the molecule is CCCCc1ccc(CCc2ccc3c(F)c(CCc4cc(F)c(OC(F)(F)F)c(F)c4)ccc3c2)cc1. The lowest BCUT2D eigenvalue weighted by Crippen LogP contribution is -2.19. The standard InChI is InChI=1S/C31H28F6O/c1-2-3-4-20-5-7-21(8-6-20)9-10-22-12-16-26-25(17-22)15-14-24(29(26)34)13-11-23-18-27(32)30(28(33)19-23)38-31(35,36)37/h5-8,12,14-19H,2-4,9-11,13H2,1H3. The molecule has 0 amide bonds. The van der Waals surface area contributed by atoms with Crippen molar-refractivity contribution in [2.45, 2.75) is 58.2 Å². The van der Waals surface area contributed by atoms with Gasteiger partial charge in [-0.2, -0.15) is 0 Å². The Balaban J connectivity index is 1.41. The zero-order chi connectivity index (χ0) is 27.3. The summed E-state index contributed by atoms with van der Waals surface area (Å²) in [7, 11) is 0. The van der Waals surface area contributed by atoms with Crippen molar-refractivity contribution < 1.29 is 31.1 Å². The fourth-order valence-corrected chi connectivity index (χ4v) is 4.53. The summed E-state index contributed by atoms with van der Waals surface area (Å²) >= 11 is 0. The van der Waals surface area contributed by atoms with E-state index in [1.54, 1.807) is 18.2 Å². The van der Waals surface area contributed by atoms with E-state index >= 15 is 4.39 Å². The molecule has 0 atom stereocenters. The van der Waals surface area contributed by atoms with Crippen LogP contribution in [0.25, 0.3) is 10.8 Å². The third-order valence-corrected chi connectivity index (χ3v) is 6.60. The van der Waals surface area contributed by atoms with Crippen LogP contribution < -0.4 is 4.74 Å². The van der Waals surface area contributed by atoms with Crippen LogP contribution >= 0.6 is 0 Å². The molecule has 1 nitrogen and oxygen atoms in total. The maximum absolute atomic E-state index is 15.2. The molecule has 0 saturated heterocycles. The molecule has 0 heterocycles. The minimum absolute atomic E-state index is 0.0396. The molecule has 0 radical (unpaired) electrons. The second kappa shape index (κ2) is 11.9. The molecule has 0 aliphatic rings. The summed E-state index contributed by atoms with van der Waals surface area (Å²) in [4.78, 5) is 0. The summed E-state index contributed by atoms with van der Waals surface area (Å²) in [5, 5.41) is 1.20. The highest BCUT2D eigenvalue weighted by atomic mass is 19.4. The number of rotatable bonds is 10. The van der Waals surface area contributed by atoms with Crippen molar-refractivity contribution in [2.24, 2.45) is 0 Å². The molecule has 0 unspecified atom stereocenters. The zero-order valence-electron chi connectivity index (χ0n) is 21.0. The van der Waals surface area contributed by atoms with Crippen molar-refractivity contribution in [2.75, 3.05) is 0 Å². The Labute approximate surface area is 218 Å². The molecule has 0 aliphatic carbocycles. The number of alkyl halides is 3. The number of aryl methyl sites for hydroxylation is 5. The number of ether oxygens (including phenoxy) is 1. The lowest BCUT2D eigenvalue weighted by Gasteiger charge is -2.12. The summed E-state index contributed by atoms with van der Waals surface area (Å²) in [6.07, 6.45) is 0.0824. The average molecular weight is 531 g/mol. The molecule has 4 rings (SSSR count). The molecule has 4 aromatic rings. The molecule has 0 aliphatic heterocycles. The summed E-state index contributed by atoms with van der Waals surface area (Å²) in [6.45, 7) is 2.18. The first-order chi connectivity index (χ1) is 18.1. The molecule has 200 valence electrons. The van der Waals surface area contributed by atoms with Gasteiger partial charge in [0, 0.05) is 5.39 Å². The van der Waals surface area contributed by atoms with Gasteiger partial charge in [-0.15, -0.1) is 13.2 Å². The van der Waals surface area contributed by atoms with E-state index in [0.29, 0.717) is 10.9 Å². The van der Waals surface area contributed by atoms with Gasteiger partial charge < -0.3 is 4.74 Å². The zero-order valence-corrected chi connectivity index (χ0v) is 21.0. The van der Waals surface area contributed by atoms with E-state index < -0.39 is 29.6 Å². The lowest BCUT2D eigenvalue weighted by molar-refractivity contribution is -0.276. The summed E-state index contributed by atoms with van der Waals surface area (Å²) in [6, 6.07) is 19.2. The second-order valence-electron chi connectivity index (χ2n) is 9.45. The number of fused-ring (bicyclic) bond motifs is 1. The summed E-state index contributed by atoms with van der Waals surface area (Å²) in [5.74, 6) is -4.85. The van der Waals surface area contributed by atoms with Gasteiger partial charge in [0.05, 0.1) is 0 Å². The van der Waals surface area contributed by atoms with Crippen molar-refractivity contribution in [1.82, 2.24) is 0 Å². The monoisotopic (exact) mass is 530 g/mol. The van der Waals surface area contributed by atoms with Gasteiger partial charge in [0.1, 0.15) is 5.82 Å². The Bertz CT molecular complexity index is 1370. The van der Waals surface area contributed by atoms with Crippen molar-refractivity contribution >= 4 is 10.8 Å². The van der Waals surface area contributed by atoms with Gasteiger partial charge in [0.25, 0.3) is 0 Å². The van der Waals surface area contributed by atoms with Crippen LogP contribution in [-0.4, -0.2) is 6.36 Å². The van der Waals surface area contributed by atoms with E-state index in [2.05, 4.69) is 35.9 Å². The second-order valence-corrected chi connectivity index (χ2v) is 9.45. The molecule has 0 fully saturated rings. The van der Waals surface area contributed by atoms with Gasteiger partial charge in [-0.05, 0) is 83.9 Å². The normalized spacial score (nSPS) is 11.8. The first kappa shape index (κ1) is 27.6. The molecule has 4 aromatic carbocycles. The van der Waals surface area contributed by atoms with Crippen LogP contribution in [-0.2, 0) is 32.1 Å². The van der Waals surface area contributed by atoms with Crippen LogP contribution in [0.4, 0.5) is 26.3 Å². The molecule has 0 saturated carbocycles. The highest BCUT2D eigenvalue weighted by Gasteiger charge is 2.34. The van der Waals surface area contributed by atoms with Crippen LogP contribution in [0.2, 0.25) is 0 Å². The molecular weight excluding hydrogens is 502 g/mol. The first-order valence-electron chi connectivity index (χ1n) is 12.6. The maximum Gasteiger partial charge on any atom is 0.573 e. The molecule has 0 N–H and O–H groups in total. The topological polar surface area (TPSA) is 9.23 Å². The maximum atomic E-state index is 15.2. The van der Waals surface area contributed by atoms with Crippen LogP contribution in [0.1, 0.15) is 47.6 Å². The minimum Gasteiger partial charge on any atom is -0.399 e. The number of hydrogen-bond donors (Lipinski definition) is 0.